The zero-order chi connectivity index (χ0) is 6.62. The number of hydrogen-bond donors (Lipinski definition) is 3. The second-order valence-electron chi connectivity index (χ2n) is 1.77. The quantitative estimate of drug-likeness (QED) is 0.382. The van der Waals surface area contributed by atoms with Crippen LogP contribution < -0.4 is 0 Å². The van der Waals surface area contributed by atoms with Gasteiger partial charge in [-0.3, -0.25) is 0 Å². The summed E-state index contributed by atoms with van der Waals surface area (Å²) in [5.41, 5.74) is 0. The average Bonchev–Trinajstić information content (AvgIpc) is 1.59. The van der Waals surface area contributed by atoms with Crippen molar-refractivity contribution in [3.8, 4) is 0 Å². The fourth-order valence-corrected chi connectivity index (χ4v) is 0.370. The molecule has 0 spiro atoms. The van der Waals surface area contributed by atoms with Crippen molar-refractivity contribution in [1.29, 1.82) is 0 Å². The van der Waals surface area contributed by atoms with Crippen molar-refractivity contribution in [2.45, 2.75) is 19.8 Å². The largest absolute Gasteiger partial charge is 0.177 e. The zero-order valence-corrected chi connectivity index (χ0v) is 4.91. The molecule has 3 N–H and O–H groups in total. The molecule has 0 aromatic carbocycles. The first kappa shape index (κ1) is 7.84. The first-order valence-corrected chi connectivity index (χ1v) is 2.62. The summed E-state index contributed by atoms with van der Waals surface area (Å²) < 4.78 is 0. The lowest BCUT2D eigenvalue weighted by molar-refractivity contribution is -1.37. The molecule has 0 heterocycles. The molecule has 8 heavy (non-hydrogen) atoms. The number of rotatable bonds is 3. The maximum absolute atomic E-state index is 8.20. The van der Waals surface area contributed by atoms with Gasteiger partial charge in [-0.25, -0.2) is 0 Å². The van der Waals surface area contributed by atoms with E-state index >= 15 is 0 Å². The fraction of sp³-hybridized carbons (Fsp3) is 1.00. The van der Waals surface area contributed by atoms with E-state index in [0.717, 1.165) is 6.42 Å². The summed E-state index contributed by atoms with van der Waals surface area (Å²) in [6.07, 6.45) is 1.44. The van der Waals surface area contributed by atoms with Crippen LogP contribution in [0.5, 0.6) is 0 Å². The minimum absolute atomic E-state index is 0.0312. The van der Waals surface area contributed by atoms with Crippen LogP contribution in [-0.2, 0) is 0 Å². The Balaban J connectivity index is 3.11. The Bertz CT molecular complexity index is 58.8. The van der Waals surface area contributed by atoms with Gasteiger partial charge >= 0.3 is 0 Å². The second kappa shape index (κ2) is 2.99. The minimum atomic E-state index is -1.90. The highest BCUT2D eigenvalue weighted by Crippen LogP contribution is 1.93. The van der Waals surface area contributed by atoms with E-state index in [1.165, 1.54) is 0 Å². The van der Waals surface area contributed by atoms with Crippen molar-refractivity contribution < 1.29 is 20.6 Å². The molecule has 4 heteroatoms. The molecule has 0 saturated heterocycles. The number of hydroxylamine groups is 3. The van der Waals surface area contributed by atoms with Crippen molar-refractivity contribution in [3.05, 3.63) is 0 Å². The van der Waals surface area contributed by atoms with Crippen LogP contribution in [0, 0.1) is 0 Å². The smallest absolute Gasteiger partial charge is 0.146 e. The highest BCUT2D eigenvalue weighted by Gasteiger charge is 2.15. The molecule has 0 amide bonds. The molecule has 0 aromatic rings. The van der Waals surface area contributed by atoms with Gasteiger partial charge < -0.3 is 0 Å². The van der Waals surface area contributed by atoms with Crippen molar-refractivity contribution >= 4 is 0 Å². The maximum Gasteiger partial charge on any atom is 0.177 e. The van der Waals surface area contributed by atoms with Gasteiger partial charge in [-0.2, -0.15) is 0 Å². The normalized spacial score (nSPS) is 12.0. The Morgan fingerprint density at radius 2 is 1.75 bits per heavy atom. The summed E-state index contributed by atoms with van der Waals surface area (Å²) in [6.45, 7) is 1.87. The van der Waals surface area contributed by atoms with Gasteiger partial charge in [-0.05, 0) is 0 Å². The molecule has 0 aliphatic carbocycles. The van der Waals surface area contributed by atoms with Gasteiger partial charge in [0, 0.05) is 6.42 Å². The summed E-state index contributed by atoms with van der Waals surface area (Å²) in [7, 11) is 0. The molecule has 0 aliphatic rings. The molecule has 0 radical (unpaired) electrons. The van der Waals surface area contributed by atoms with Gasteiger partial charge in [0.15, 0.2) is 6.54 Å². The van der Waals surface area contributed by atoms with Crippen LogP contribution in [0.1, 0.15) is 19.8 Å². The monoisotopic (exact) mass is 122 g/mol. The van der Waals surface area contributed by atoms with Gasteiger partial charge in [0.05, 0.1) is 4.97 Å². The van der Waals surface area contributed by atoms with Crippen LogP contribution in [-0.4, -0.2) is 27.1 Å². The van der Waals surface area contributed by atoms with Gasteiger partial charge in [-0.1, -0.05) is 13.3 Å². The average molecular weight is 122 g/mol. The third kappa shape index (κ3) is 5.84. The van der Waals surface area contributed by atoms with Crippen molar-refractivity contribution in [2.75, 3.05) is 6.54 Å². The predicted molar refractivity (Wildman–Crippen MR) is 25.4 cm³/mol. The molecule has 0 saturated carbocycles. The van der Waals surface area contributed by atoms with Crippen LogP contribution >= 0.6 is 0 Å². The van der Waals surface area contributed by atoms with Gasteiger partial charge in [0.1, 0.15) is 0 Å². The standard InChI is InChI=1S/C4H12NO3/c1-2-3-4-5(6,7)8/h6-8H,2-4H2,1H3/q+1. The van der Waals surface area contributed by atoms with E-state index in [-0.39, 0.29) is 6.54 Å². The van der Waals surface area contributed by atoms with Crippen LogP contribution in [0.2, 0.25) is 0 Å². The Kier molecular flexibility index (Phi) is 2.93. The SMILES string of the molecule is CCCC[N+](O)(O)O. The maximum atomic E-state index is 8.20. The fourth-order valence-electron chi connectivity index (χ4n) is 0.370. The molecule has 0 unspecified atom stereocenters. The highest BCUT2D eigenvalue weighted by atomic mass is 17.1. The Morgan fingerprint density at radius 3 is 1.88 bits per heavy atom. The van der Waals surface area contributed by atoms with E-state index < -0.39 is 4.97 Å². The number of nitrogens with zero attached hydrogens (tertiary/aromatic N) is 1. The number of hydrogen-bond acceptors (Lipinski definition) is 3. The molecule has 50 valence electrons. The number of quaternary nitrogens is 1. The van der Waals surface area contributed by atoms with E-state index in [1.54, 1.807) is 0 Å². The van der Waals surface area contributed by atoms with E-state index in [2.05, 4.69) is 0 Å². The molecule has 0 rings (SSSR count). The Hall–Kier alpha value is -0.160. The Labute approximate surface area is 48.0 Å². The van der Waals surface area contributed by atoms with E-state index in [1.807, 2.05) is 6.92 Å². The molecular formula is C4H12NO3+. The lowest BCUT2D eigenvalue weighted by atomic mass is 10.3. The number of unbranched alkanes of at least 4 members (excludes halogenated alkanes) is 1. The predicted octanol–water partition coefficient (Wildman–Crippen LogP) is 0.771. The third-order valence-corrected chi connectivity index (χ3v) is 0.812. The van der Waals surface area contributed by atoms with Crippen LogP contribution in [0.3, 0.4) is 0 Å². The van der Waals surface area contributed by atoms with Crippen molar-refractivity contribution in [3.63, 3.8) is 0 Å². The highest BCUT2D eigenvalue weighted by molar-refractivity contribution is 4.24. The van der Waals surface area contributed by atoms with Crippen LogP contribution in [0.4, 0.5) is 0 Å². The van der Waals surface area contributed by atoms with Crippen molar-refractivity contribution in [1.82, 2.24) is 0 Å². The lowest BCUT2D eigenvalue weighted by Gasteiger charge is -2.09. The minimum Gasteiger partial charge on any atom is -0.146 e. The molecule has 0 fully saturated rings. The van der Waals surface area contributed by atoms with Gasteiger partial charge in [0.25, 0.3) is 0 Å². The summed E-state index contributed by atoms with van der Waals surface area (Å²) in [6, 6.07) is 0. The molecule has 0 aliphatic heterocycles. The van der Waals surface area contributed by atoms with E-state index in [0.29, 0.717) is 6.42 Å². The van der Waals surface area contributed by atoms with E-state index in [4.69, 9.17) is 15.6 Å². The topological polar surface area (TPSA) is 60.7 Å². The van der Waals surface area contributed by atoms with Crippen LogP contribution in [0.25, 0.3) is 0 Å². The van der Waals surface area contributed by atoms with Gasteiger partial charge in [0.2, 0.25) is 0 Å². The summed E-state index contributed by atoms with van der Waals surface area (Å²) in [5.74, 6) is 0. The molecule has 0 bridgehead atoms. The first-order valence-electron chi connectivity index (χ1n) is 2.62. The molecule has 0 atom stereocenters. The molecular weight excluding hydrogens is 110 g/mol. The van der Waals surface area contributed by atoms with Crippen LogP contribution in [0.15, 0.2) is 0 Å². The molecule has 0 aromatic heterocycles. The zero-order valence-electron chi connectivity index (χ0n) is 4.91. The second-order valence-corrected chi connectivity index (χ2v) is 1.77. The Morgan fingerprint density at radius 1 is 1.25 bits per heavy atom. The summed E-state index contributed by atoms with van der Waals surface area (Å²) in [4.78, 5) is -1.90. The van der Waals surface area contributed by atoms with E-state index in [9.17, 15) is 0 Å². The summed E-state index contributed by atoms with van der Waals surface area (Å²) in [5, 5.41) is 24.6. The summed E-state index contributed by atoms with van der Waals surface area (Å²) >= 11 is 0. The first-order chi connectivity index (χ1) is 3.56. The van der Waals surface area contributed by atoms with Crippen molar-refractivity contribution in [2.24, 2.45) is 0 Å². The lowest BCUT2D eigenvalue weighted by Crippen LogP contribution is -2.37. The molecule has 4 nitrogen and oxygen atoms in total. The van der Waals surface area contributed by atoms with Gasteiger partial charge in [-0.15, -0.1) is 15.6 Å². The third-order valence-electron chi connectivity index (χ3n) is 0.812.